The molecule has 0 aliphatic heterocycles. The molecule has 0 bridgehead atoms. The van der Waals surface area contributed by atoms with Gasteiger partial charge in [-0.05, 0) is 4.92 Å². The van der Waals surface area contributed by atoms with E-state index in [0.717, 1.165) is 10.9 Å². The van der Waals surface area contributed by atoms with E-state index in [-0.39, 0.29) is 18.7 Å². The van der Waals surface area contributed by atoms with Crippen molar-refractivity contribution in [2.45, 2.75) is 6.54 Å². The molecule has 8 heteroatoms. The van der Waals surface area contributed by atoms with Crippen molar-refractivity contribution < 1.29 is 14.8 Å². The van der Waals surface area contributed by atoms with Crippen LogP contribution in [0.25, 0.3) is 0 Å². The van der Waals surface area contributed by atoms with Crippen molar-refractivity contribution in [1.29, 1.82) is 0 Å². The average molecular weight is 200 g/mol. The van der Waals surface area contributed by atoms with E-state index in [0.29, 0.717) is 0 Å². The highest BCUT2D eigenvalue weighted by Gasteiger charge is 2.24. The highest BCUT2D eigenvalue weighted by Crippen LogP contribution is 2.14. The predicted octanol–water partition coefficient (Wildman–Crippen LogP) is -1.12. The molecule has 0 spiro atoms. The van der Waals surface area contributed by atoms with E-state index in [4.69, 9.17) is 10.8 Å². The van der Waals surface area contributed by atoms with Crippen molar-refractivity contribution in [3.63, 3.8) is 0 Å². The first-order valence-corrected chi connectivity index (χ1v) is 3.68. The van der Waals surface area contributed by atoms with Gasteiger partial charge < -0.3 is 21.0 Å². The molecule has 0 aromatic carbocycles. The van der Waals surface area contributed by atoms with Crippen molar-refractivity contribution >= 4 is 11.7 Å². The molecule has 0 saturated heterocycles. The summed E-state index contributed by atoms with van der Waals surface area (Å²) in [6, 6.07) is 0. The fourth-order valence-corrected chi connectivity index (χ4v) is 0.937. The average Bonchev–Trinajstić information content (AvgIpc) is 2.49. The first kappa shape index (κ1) is 10.1. The summed E-state index contributed by atoms with van der Waals surface area (Å²) in [6.07, 6.45) is 1.14. The van der Waals surface area contributed by atoms with E-state index in [1.54, 1.807) is 0 Å². The Kier molecular flexibility index (Phi) is 2.77. The van der Waals surface area contributed by atoms with Gasteiger partial charge in [0.15, 0.2) is 5.56 Å². The Morgan fingerprint density at radius 2 is 2.43 bits per heavy atom. The highest BCUT2D eigenvalue weighted by atomic mass is 16.6. The lowest BCUT2D eigenvalue weighted by Crippen LogP contribution is -2.11. The SMILES string of the molecule is NC(=O)c1cn(CCO)nc1[N+](=O)[O-]. The Labute approximate surface area is 78.1 Å². The summed E-state index contributed by atoms with van der Waals surface area (Å²) in [7, 11) is 0. The summed E-state index contributed by atoms with van der Waals surface area (Å²) in [5.74, 6) is -1.51. The summed E-state index contributed by atoms with van der Waals surface area (Å²) in [6.45, 7) is -0.148. The first-order chi connectivity index (χ1) is 6.56. The molecule has 1 heterocycles. The number of aromatic nitrogens is 2. The second-order valence-electron chi connectivity index (χ2n) is 2.47. The molecule has 0 unspecified atom stereocenters. The molecule has 1 amide bonds. The topological polar surface area (TPSA) is 124 Å². The van der Waals surface area contributed by atoms with Crippen LogP contribution in [-0.4, -0.2) is 32.3 Å². The fraction of sp³-hybridized carbons (Fsp3) is 0.333. The van der Waals surface area contributed by atoms with Crippen LogP contribution >= 0.6 is 0 Å². The minimum absolute atomic E-state index is 0.0775. The summed E-state index contributed by atoms with van der Waals surface area (Å²) >= 11 is 0. The number of aliphatic hydroxyl groups is 1. The molecule has 8 nitrogen and oxygen atoms in total. The van der Waals surface area contributed by atoms with Gasteiger partial charge in [-0.1, -0.05) is 0 Å². The molecular formula is C6H8N4O4. The molecule has 0 radical (unpaired) electrons. The van der Waals surface area contributed by atoms with Crippen LogP contribution < -0.4 is 5.73 Å². The van der Waals surface area contributed by atoms with Crippen LogP contribution in [0.15, 0.2) is 6.20 Å². The second kappa shape index (κ2) is 3.83. The molecule has 1 aromatic rings. The zero-order valence-corrected chi connectivity index (χ0v) is 7.08. The van der Waals surface area contributed by atoms with Crippen LogP contribution in [0.4, 0.5) is 5.82 Å². The fourth-order valence-electron chi connectivity index (χ4n) is 0.937. The quantitative estimate of drug-likeness (QED) is 0.470. The maximum Gasteiger partial charge on any atom is 0.402 e. The molecule has 0 atom stereocenters. The molecular weight excluding hydrogens is 192 g/mol. The van der Waals surface area contributed by atoms with Gasteiger partial charge in [0.1, 0.15) is 0 Å². The summed E-state index contributed by atoms with van der Waals surface area (Å²) in [5.41, 5.74) is 4.64. The van der Waals surface area contributed by atoms with Crippen LogP contribution in [-0.2, 0) is 6.54 Å². The van der Waals surface area contributed by atoms with Crippen LogP contribution in [0.1, 0.15) is 10.4 Å². The molecule has 0 aliphatic rings. The molecule has 3 N–H and O–H groups in total. The van der Waals surface area contributed by atoms with Crippen LogP contribution in [0.5, 0.6) is 0 Å². The maximum atomic E-state index is 10.7. The van der Waals surface area contributed by atoms with Crippen molar-refractivity contribution in [1.82, 2.24) is 9.78 Å². The minimum Gasteiger partial charge on any atom is -0.394 e. The summed E-state index contributed by atoms with van der Waals surface area (Å²) in [4.78, 5) is 20.4. The lowest BCUT2D eigenvalue weighted by Gasteiger charge is -1.88. The van der Waals surface area contributed by atoms with Crippen molar-refractivity contribution in [3.8, 4) is 0 Å². The highest BCUT2D eigenvalue weighted by molar-refractivity contribution is 5.95. The van der Waals surface area contributed by atoms with Crippen molar-refractivity contribution in [3.05, 3.63) is 21.9 Å². The Hall–Kier alpha value is -1.96. The zero-order valence-electron chi connectivity index (χ0n) is 7.08. The first-order valence-electron chi connectivity index (χ1n) is 3.68. The Morgan fingerprint density at radius 3 is 2.79 bits per heavy atom. The van der Waals surface area contributed by atoms with E-state index >= 15 is 0 Å². The smallest absolute Gasteiger partial charge is 0.394 e. The normalized spacial score (nSPS) is 10.1. The van der Waals surface area contributed by atoms with Crippen molar-refractivity contribution in [2.75, 3.05) is 6.61 Å². The number of nitrogens with zero attached hydrogens (tertiary/aromatic N) is 3. The van der Waals surface area contributed by atoms with Gasteiger partial charge >= 0.3 is 5.82 Å². The molecule has 0 fully saturated rings. The monoisotopic (exact) mass is 200 g/mol. The molecule has 1 rings (SSSR count). The zero-order chi connectivity index (χ0) is 10.7. The molecule has 14 heavy (non-hydrogen) atoms. The standard InChI is InChI=1S/C6H8N4O4/c7-5(12)4-3-9(1-2-11)8-6(4)10(13)14/h3,11H,1-2H2,(H2,7,12). The van der Waals surface area contributed by atoms with Crippen LogP contribution in [0.3, 0.4) is 0 Å². The summed E-state index contributed by atoms with van der Waals surface area (Å²) in [5, 5.41) is 22.4. The number of hydrogen-bond donors (Lipinski definition) is 2. The van der Waals surface area contributed by atoms with Crippen molar-refractivity contribution in [2.24, 2.45) is 5.73 Å². The van der Waals surface area contributed by atoms with E-state index in [1.807, 2.05) is 0 Å². The molecule has 0 saturated carbocycles. The number of carbonyl (C=O) groups is 1. The molecule has 76 valence electrons. The largest absolute Gasteiger partial charge is 0.402 e. The van der Waals surface area contributed by atoms with Gasteiger partial charge in [0.05, 0.1) is 24.4 Å². The van der Waals surface area contributed by atoms with E-state index in [9.17, 15) is 14.9 Å². The van der Waals surface area contributed by atoms with Gasteiger partial charge in [-0.2, -0.15) is 4.68 Å². The number of nitro groups is 1. The third-order valence-corrected chi connectivity index (χ3v) is 1.51. The van der Waals surface area contributed by atoms with Gasteiger partial charge in [-0.3, -0.25) is 4.79 Å². The minimum atomic E-state index is -0.916. The third kappa shape index (κ3) is 1.85. The van der Waals surface area contributed by atoms with E-state index in [1.165, 1.54) is 0 Å². The lowest BCUT2D eigenvalue weighted by atomic mass is 10.3. The van der Waals surface area contributed by atoms with Gasteiger partial charge in [0.2, 0.25) is 0 Å². The maximum absolute atomic E-state index is 10.7. The second-order valence-corrected chi connectivity index (χ2v) is 2.47. The summed E-state index contributed by atoms with van der Waals surface area (Å²) < 4.78 is 1.10. The third-order valence-electron chi connectivity index (χ3n) is 1.51. The molecule has 0 aliphatic carbocycles. The van der Waals surface area contributed by atoms with Gasteiger partial charge in [-0.15, -0.1) is 0 Å². The number of rotatable bonds is 4. The number of aliphatic hydroxyl groups excluding tert-OH is 1. The molecule has 1 aromatic heterocycles. The Balaban J connectivity index is 3.12. The van der Waals surface area contributed by atoms with E-state index in [2.05, 4.69) is 5.10 Å². The van der Waals surface area contributed by atoms with Gasteiger partial charge in [0, 0.05) is 0 Å². The van der Waals surface area contributed by atoms with Crippen LogP contribution in [0.2, 0.25) is 0 Å². The van der Waals surface area contributed by atoms with Crippen LogP contribution in [0, 0.1) is 10.1 Å². The number of hydrogen-bond acceptors (Lipinski definition) is 5. The number of amides is 1. The Morgan fingerprint density at radius 1 is 1.79 bits per heavy atom. The number of nitrogens with two attached hydrogens (primary N) is 1. The van der Waals surface area contributed by atoms with E-state index < -0.39 is 16.6 Å². The van der Waals surface area contributed by atoms with Gasteiger partial charge in [0.25, 0.3) is 5.91 Å². The predicted molar refractivity (Wildman–Crippen MR) is 44.5 cm³/mol. The number of primary amides is 1. The lowest BCUT2D eigenvalue weighted by molar-refractivity contribution is -0.390. The van der Waals surface area contributed by atoms with Gasteiger partial charge in [-0.25, -0.2) is 0 Å². The Bertz CT molecular complexity index is 340. The number of carbonyl (C=O) groups excluding carboxylic acids is 1.